The van der Waals surface area contributed by atoms with Crippen LogP contribution in [-0.2, 0) is 14.3 Å². The maximum Gasteiger partial charge on any atom is 0.220 e. The number of carbonyl (C=O) groups excluding carboxylic acids is 2. The zero-order valence-electron chi connectivity index (χ0n) is 15.1. The topological polar surface area (TPSA) is 67.4 Å². The molecule has 3 atom stereocenters. The third-order valence-corrected chi connectivity index (χ3v) is 4.73. The standard InChI is InChI=1S/C18H32N2O3/c1-12(2)17-9-15(10-18(22)19-6-7-23-5)13(3)8-16(17)11-20-14(4)21/h8,12,15-17H,6-7,9-11H2,1-5H3,(H,19,22)(H,20,21). The summed E-state index contributed by atoms with van der Waals surface area (Å²) in [6, 6.07) is 0. The van der Waals surface area contributed by atoms with Crippen LogP contribution in [0.2, 0.25) is 0 Å². The van der Waals surface area contributed by atoms with Crippen molar-refractivity contribution in [3.8, 4) is 0 Å². The van der Waals surface area contributed by atoms with E-state index in [1.54, 1.807) is 14.0 Å². The van der Waals surface area contributed by atoms with E-state index in [0.29, 0.717) is 49.8 Å². The Morgan fingerprint density at radius 2 is 2.04 bits per heavy atom. The molecule has 132 valence electrons. The summed E-state index contributed by atoms with van der Waals surface area (Å²) in [4.78, 5) is 23.2. The molecule has 0 saturated heterocycles. The largest absolute Gasteiger partial charge is 0.383 e. The van der Waals surface area contributed by atoms with E-state index in [0.717, 1.165) is 6.42 Å². The molecule has 23 heavy (non-hydrogen) atoms. The van der Waals surface area contributed by atoms with Gasteiger partial charge in [0.15, 0.2) is 0 Å². The lowest BCUT2D eigenvalue weighted by molar-refractivity contribution is -0.122. The number of allylic oxidation sites excluding steroid dienone is 1. The zero-order chi connectivity index (χ0) is 17.4. The molecule has 5 nitrogen and oxygen atoms in total. The van der Waals surface area contributed by atoms with Crippen LogP contribution in [-0.4, -0.2) is 38.6 Å². The summed E-state index contributed by atoms with van der Waals surface area (Å²) in [7, 11) is 1.63. The Kier molecular flexibility index (Phi) is 8.31. The van der Waals surface area contributed by atoms with Crippen molar-refractivity contribution >= 4 is 11.8 Å². The summed E-state index contributed by atoms with van der Waals surface area (Å²) in [5, 5.41) is 5.83. The van der Waals surface area contributed by atoms with Crippen LogP contribution in [0.5, 0.6) is 0 Å². The van der Waals surface area contributed by atoms with E-state index in [2.05, 4.69) is 37.5 Å². The number of carbonyl (C=O) groups is 2. The molecule has 5 heteroatoms. The Balaban J connectivity index is 2.67. The first kappa shape index (κ1) is 19.7. The Bertz CT molecular complexity index is 432. The van der Waals surface area contributed by atoms with E-state index < -0.39 is 0 Å². The van der Waals surface area contributed by atoms with Crippen LogP contribution in [0, 0.1) is 23.7 Å². The van der Waals surface area contributed by atoms with E-state index >= 15 is 0 Å². The fourth-order valence-corrected chi connectivity index (χ4v) is 3.36. The highest BCUT2D eigenvalue weighted by molar-refractivity contribution is 5.76. The average Bonchev–Trinajstić information content (AvgIpc) is 2.47. The molecule has 0 saturated carbocycles. The van der Waals surface area contributed by atoms with Gasteiger partial charge >= 0.3 is 0 Å². The minimum absolute atomic E-state index is 0.0122. The van der Waals surface area contributed by atoms with E-state index in [1.165, 1.54) is 5.57 Å². The highest BCUT2D eigenvalue weighted by atomic mass is 16.5. The van der Waals surface area contributed by atoms with Crippen molar-refractivity contribution in [1.29, 1.82) is 0 Å². The van der Waals surface area contributed by atoms with Crippen molar-refractivity contribution in [2.45, 2.75) is 40.5 Å². The van der Waals surface area contributed by atoms with Crippen LogP contribution in [0.4, 0.5) is 0 Å². The van der Waals surface area contributed by atoms with Crippen molar-refractivity contribution in [3.63, 3.8) is 0 Å². The maximum absolute atomic E-state index is 12.1. The van der Waals surface area contributed by atoms with Crippen molar-refractivity contribution in [3.05, 3.63) is 11.6 Å². The summed E-state index contributed by atoms with van der Waals surface area (Å²) in [6.07, 6.45) is 3.79. The molecule has 3 unspecified atom stereocenters. The summed E-state index contributed by atoms with van der Waals surface area (Å²) in [5.74, 6) is 1.76. The van der Waals surface area contributed by atoms with Gasteiger partial charge in [-0.1, -0.05) is 25.5 Å². The maximum atomic E-state index is 12.1. The monoisotopic (exact) mass is 324 g/mol. The first-order chi connectivity index (χ1) is 10.8. The Hall–Kier alpha value is -1.36. The normalized spacial score (nSPS) is 24.3. The lowest BCUT2D eigenvalue weighted by atomic mass is 9.69. The SMILES string of the molecule is COCCNC(=O)CC1CC(C(C)C)C(CNC(C)=O)C=C1C. The van der Waals surface area contributed by atoms with Gasteiger partial charge in [-0.25, -0.2) is 0 Å². The van der Waals surface area contributed by atoms with Crippen LogP contribution in [0.1, 0.15) is 40.5 Å². The van der Waals surface area contributed by atoms with Crippen LogP contribution < -0.4 is 10.6 Å². The molecule has 0 radical (unpaired) electrons. The van der Waals surface area contributed by atoms with Crippen molar-refractivity contribution in [1.82, 2.24) is 10.6 Å². The molecule has 2 N–H and O–H groups in total. The molecule has 0 aromatic rings. The summed E-state index contributed by atoms with van der Waals surface area (Å²) < 4.78 is 4.95. The van der Waals surface area contributed by atoms with E-state index in [4.69, 9.17) is 4.74 Å². The molecular weight excluding hydrogens is 292 g/mol. The van der Waals surface area contributed by atoms with Gasteiger partial charge in [0.2, 0.25) is 11.8 Å². The molecular formula is C18H32N2O3. The van der Waals surface area contributed by atoms with Gasteiger partial charge in [0.1, 0.15) is 0 Å². The Morgan fingerprint density at radius 3 is 2.61 bits per heavy atom. The van der Waals surface area contributed by atoms with E-state index in [1.807, 2.05) is 0 Å². The number of rotatable bonds is 8. The first-order valence-electron chi connectivity index (χ1n) is 8.53. The second kappa shape index (κ2) is 9.71. The van der Waals surface area contributed by atoms with Gasteiger partial charge in [0.05, 0.1) is 6.61 Å². The number of hydrogen-bond acceptors (Lipinski definition) is 3. The number of amides is 2. The van der Waals surface area contributed by atoms with Crippen LogP contribution in [0.25, 0.3) is 0 Å². The van der Waals surface area contributed by atoms with Crippen molar-refractivity contribution < 1.29 is 14.3 Å². The minimum Gasteiger partial charge on any atom is -0.383 e. The molecule has 1 aliphatic rings. The van der Waals surface area contributed by atoms with Gasteiger partial charge in [-0.3, -0.25) is 9.59 Å². The number of hydrogen-bond donors (Lipinski definition) is 2. The second-order valence-electron chi connectivity index (χ2n) is 6.90. The molecule has 2 amide bonds. The molecule has 0 bridgehead atoms. The van der Waals surface area contributed by atoms with Gasteiger partial charge in [-0.15, -0.1) is 0 Å². The van der Waals surface area contributed by atoms with Crippen LogP contribution in [0.15, 0.2) is 11.6 Å². The van der Waals surface area contributed by atoms with Gasteiger partial charge in [0.25, 0.3) is 0 Å². The van der Waals surface area contributed by atoms with Gasteiger partial charge < -0.3 is 15.4 Å². The third-order valence-electron chi connectivity index (χ3n) is 4.73. The average molecular weight is 324 g/mol. The zero-order valence-corrected chi connectivity index (χ0v) is 15.1. The summed E-state index contributed by atoms with van der Waals surface area (Å²) in [6.45, 7) is 9.87. The molecule has 0 heterocycles. The van der Waals surface area contributed by atoms with Crippen molar-refractivity contribution in [2.75, 3.05) is 26.8 Å². The van der Waals surface area contributed by atoms with Gasteiger partial charge in [-0.2, -0.15) is 0 Å². The number of nitrogens with one attached hydrogen (secondary N) is 2. The molecule has 1 aliphatic carbocycles. The van der Waals surface area contributed by atoms with E-state index in [9.17, 15) is 9.59 Å². The third kappa shape index (κ3) is 6.73. The number of methoxy groups -OCH3 is 1. The lowest BCUT2D eigenvalue weighted by Crippen LogP contribution is -2.37. The minimum atomic E-state index is 0.0122. The predicted molar refractivity (Wildman–Crippen MR) is 91.9 cm³/mol. The van der Waals surface area contributed by atoms with Crippen molar-refractivity contribution in [2.24, 2.45) is 23.7 Å². The molecule has 1 rings (SSSR count). The Morgan fingerprint density at radius 1 is 1.35 bits per heavy atom. The van der Waals surface area contributed by atoms with Crippen LogP contribution in [0.3, 0.4) is 0 Å². The molecule has 0 aliphatic heterocycles. The Labute approximate surface area is 140 Å². The van der Waals surface area contributed by atoms with Crippen LogP contribution >= 0.6 is 0 Å². The van der Waals surface area contributed by atoms with E-state index in [-0.39, 0.29) is 11.8 Å². The second-order valence-corrected chi connectivity index (χ2v) is 6.90. The highest BCUT2D eigenvalue weighted by Crippen LogP contribution is 2.38. The van der Waals surface area contributed by atoms with Gasteiger partial charge in [-0.05, 0) is 37.0 Å². The highest BCUT2D eigenvalue weighted by Gasteiger charge is 2.32. The molecule has 0 fully saturated rings. The quantitative estimate of drug-likeness (QED) is 0.531. The fraction of sp³-hybridized carbons (Fsp3) is 0.778. The summed E-state index contributed by atoms with van der Waals surface area (Å²) >= 11 is 0. The molecule has 0 aromatic carbocycles. The lowest BCUT2D eigenvalue weighted by Gasteiger charge is -2.37. The van der Waals surface area contributed by atoms with Gasteiger partial charge in [0, 0.05) is 33.5 Å². The molecule has 0 spiro atoms. The summed E-state index contributed by atoms with van der Waals surface area (Å²) in [5.41, 5.74) is 1.26. The predicted octanol–water partition coefficient (Wildman–Crippen LogP) is 2.13. The number of ether oxygens (including phenoxy) is 1. The first-order valence-corrected chi connectivity index (χ1v) is 8.53. The smallest absolute Gasteiger partial charge is 0.220 e. The fourth-order valence-electron chi connectivity index (χ4n) is 3.36. The molecule has 0 aromatic heterocycles.